The number of hydrogen-bond acceptors (Lipinski definition) is 4. The second-order valence-electron chi connectivity index (χ2n) is 7.79. The summed E-state index contributed by atoms with van der Waals surface area (Å²) in [7, 11) is 0. The fourth-order valence-corrected chi connectivity index (χ4v) is 3.24. The molecule has 0 unspecified atom stereocenters. The molecule has 0 radical (unpaired) electrons. The number of benzene rings is 3. The van der Waals surface area contributed by atoms with Gasteiger partial charge in [0.2, 0.25) is 0 Å². The van der Waals surface area contributed by atoms with E-state index in [1.54, 1.807) is 0 Å². The summed E-state index contributed by atoms with van der Waals surface area (Å²) >= 11 is 0. The molecule has 3 aromatic rings. The highest BCUT2D eigenvalue weighted by molar-refractivity contribution is 5.88. The third kappa shape index (κ3) is 5.01. The Balaban J connectivity index is 1.69. The van der Waals surface area contributed by atoms with Crippen LogP contribution in [0.3, 0.4) is 0 Å². The molecule has 0 heterocycles. The molecule has 3 aromatic carbocycles. The molecule has 0 aliphatic heterocycles. The zero-order valence-electron chi connectivity index (χ0n) is 17.2. The Bertz CT molecular complexity index is 1050. The second-order valence-corrected chi connectivity index (χ2v) is 7.79. The highest BCUT2D eigenvalue weighted by atomic mass is 16.5. The van der Waals surface area contributed by atoms with Crippen LogP contribution in [0, 0.1) is 16.7 Å². The summed E-state index contributed by atoms with van der Waals surface area (Å²) in [6.45, 7) is 7.25. The van der Waals surface area contributed by atoms with Crippen LogP contribution in [0.1, 0.15) is 31.9 Å². The standard InChI is InChI=1S/C25H26N2O2/c1-4-29-24(28)25(2,3)17-27-16-19-7-10-23-14-22(12-11-21(23)13-19)20-8-5-18(15-26)6-9-20/h5-14,27H,4,16-17H2,1-3H3. The predicted octanol–water partition coefficient (Wildman–Crippen LogP) is 5.06. The van der Waals surface area contributed by atoms with Crippen molar-refractivity contribution in [3.63, 3.8) is 0 Å². The average Bonchev–Trinajstić information content (AvgIpc) is 2.73. The smallest absolute Gasteiger partial charge is 0.312 e. The Labute approximate surface area is 172 Å². The molecule has 0 saturated heterocycles. The Hall–Kier alpha value is -3.16. The van der Waals surface area contributed by atoms with Crippen LogP contribution in [0.4, 0.5) is 0 Å². The number of esters is 1. The van der Waals surface area contributed by atoms with Crippen LogP contribution in [0.15, 0.2) is 60.7 Å². The minimum Gasteiger partial charge on any atom is -0.466 e. The van der Waals surface area contributed by atoms with E-state index in [0.29, 0.717) is 25.3 Å². The van der Waals surface area contributed by atoms with E-state index >= 15 is 0 Å². The van der Waals surface area contributed by atoms with Crippen LogP contribution >= 0.6 is 0 Å². The van der Waals surface area contributed by atoms with Gasteiger partial charge < -0.3 is 10.1 Å². The van der Waals surface area contributed by atoms with Crippen LogP contribution in [0.5, 0.6) is 0 Å². The zero-order chi connectivity index (χ0) is 20.9. The molecule has 0 aliphatic rings. The fraction of sp³-hybridized carbons (Fsp3) is 0.280. The first-order chi connectivity index (χ1) is 13.9. The number of nitrogens with one attached hydrogen (secondary N) is 1. The van der Waals surface area contributed by atoms with Crippen molar-refractivity contribution in [2.24, 2.45) is 5.41 Å². The largest absolute Gasteiger partial charge is 0.466 e. The molecule has 0 atom stereocenters. The Morgan fingerprint density at radius 1 is 1.00 bits per heavy atom. The molecule has 148 valence electrons. The van der Waals surface area contributed by atoms with Gasteiger partial charge in [-0.2, -0.15) is 5.26 Å². The van der Waals surface area contributed by atoms with E-state index in [1.807, 2.05) is 45.0 Å². The predicted molar refractivity (Wildman–Crippen MR) is 116 cm³/mol. The van der Waals surface area contributed by atoms with Crippen molar-refractivity contribution >= 4 is 16.7 Å². The molecule has 29 heavy (non-hydrogen) atoms. The lowest BCUT2D eigenvalue weighted by molar-refractivity contribution is -0.153. The lowest BCUT2D eigenvalue weighted by Gasteiger charge is -2.22. The third-order valence-electron chi connectivity index (χ3n) is 4.98. The highest BCUT2D eigenvalue weighted by Crippen LogP contribution is 2.25. The zero-order valence-corrected chi connectivity index (χ0v) is 17.2. The maximum atomic E-state index is 12.0. The van der Waals surface area contributed by atoms with Gasteiger partial charge in [-0.15, -0.1) is 0 Å². The van der Waals surface area contributed by atoms with Gasteiger partial charge >= 0.3 is 5.97 Å². The van der Waals surface area contributed by atoms with Crippen molar-refractivity contribution < 1.29 is 9.53 Å². The van der Waals surface area contributed by atoms with Gasteiger partial charge in [0.1, 0.15) is 0 Å². The van der Waals surface area contributed by atoms with Crippen molar-refractivity contribution in [2.75, 3.05) is 13.2 Å². The van der Waals surface area contributed by atoms with Crippen LogP contribution < -0.4 is 5.32 Å². The molecule has 4 nitrogen and oxygen atoms in total. The summed E-state index contributed by atoms with van der Waals surface area (Å²) in [4.78, 5) is 12.0. The van der Waals surface area contributed by atoms with E-state index in [4.69, 9.17) is 10.00 Å². The minimum atomic E-state index is -0.553. The maximum absolute atomic E-state index is 12.0. The molecular formula is C25H26N2O2. The monoisotopic (exact) mass is 386 g/mol. The van der Waals surface area contributed by atoms with Gasteiger partial charge in [0.25, 0.3) is 0 Å². The molecule has 4 heteroatoms. The van der Waals surface area contributed by atoms with Crippen molar-refractivity contribution in [1.82, 2.24) is 5.32 Å². The summed E-state index contributed by atoms with van der Waals surface area (Å²) in [5.74, 6) is -0.179. The number of nitrogens with zero attached hydrogens (tertiary/aromatic N) is 1. The molecule has 0 bridgehead atoms. The maximum Gasteiger partial charge on any atom is 0.312 e. The number of nitriles is 1. The molecule has 0 spiro atoms. The molecule has 1 N–H and O–H groups in total. The van der Waals surface area contributed by atoms with E-state index in [0.717, 1.165) is 11.1 Å². The summed E-state index contributed by atoms with van der Waals surface area (Å²) in [5.41, 5.74) is 3.51. The first-order valence-electron chi connectivity index (χ1n) is 9.84. The minimum absolute atomic E-state index is 0.179. The lowest BCUT2D eigenvalue weighted by Crippen LogP contribution is -2.37. The van der Waals surface area contributed by atoms with Crippen molar-refractivity contribution in [3.05, 3.63) is 71.8 Å². The number of fused-ring (bicyclic) bond motifs is 1. The van der Waals surface area contributed by atoms with Crippen molar-refractivity contribution in [3.8, 4) is 17.2 Å². The van der Waals surface area contributed by atoms with Crippen LogP contribution in [0.25, 0.3) is 21.9 Å². The summed E-state index contributed by atoms with van der Waals surface area (Å²) in [6, 6.07) is 22.6. The summed E-state index contributed by atoms with van der Waals surface area (Å²) in [6.07, 6.45) is 0. The quantitative estimate of drug-likeness (QED) is 0.577. The SMILES string of the molecule is CCOC(=O)C(C)(C)CNCc1ccc2cc(-c3ccc(C#N)cc3)ccc2c1. The van der Waals surface area contributed by atoms with Gasteiger partial charge in [-0.25, -0.2) is 0 Å². The van der Waals surface area contributed by atoms with Gasteiger partial charge in [0, 0.05) is 13.1 Å². The normalized spacial score (nSPS) is 11.2. The molecule has 0 fully saturated rings. The molecule has 0 aromatic heterocycles. The number of carbonyl (C=O) groups excluding carboxylic acids is 1. The molecule has 0 aliphatic carbocycles. The van der Waals surface area contributed by atoms with Gasteiger partial charge in [0.15, 0.2) is 0 Å². The van der Waals surface area contributed by atoms with Crippen LogP contribution in [-0.4, -0.2) is 19.1 Å². The van der Waals surface area contributed by atoms with E-state index in [2.05, 4.69) is 47.8 Å². The summed E-state index contributed by atoms with van der Waals surface area (Å²) in [5, 5.41) is 14.7. The summed E-state index contributed by atoms with van der Waals surface area (Å²) < 4.78 is 5.13. The highest BCUT2D eigenvalue weighted by Gasteiger charge is 2.28. The first-order valence-corrected chi connectivity index (χ1v) is 9.84. The molecule has 0 amide bonds. The van der Waals surface area contributed by atoms with Crippen LogP contribution in [0.2, 0.25) is 0 Å². The van der Waals surface area contributed by atoms with Crippen LogP contribution in [-0.2, 0) is 16.1 Å². The number of rotatable bonds is 7. The van der Waals surface area contributed by atoms with E-state index in [-0.39, 0.29) is 5.97 Å². The Kier molecular flexibility index (Phi) is 6.31. The van der Waals surface area contributed by atoms with E-state index < -0.39 is 5.41 Å². The average molecular weight is 386 g/mol. The number of ether oxygens (including phenoxy) is 1. The van der Waals surface area contributed by atoms with Gasteiger partial charge in [-0.3, -0.25) is 4.79 Å². The topological polar surface area (TPSA) is 62.1 Å². The molecule has 3 rings (SSSR count). The van der Waals surface area contributed by atoms with E-state index in [1.165, 1.54) is 16.3 Å². The Morgan fingerprint density at radius 2 is 1.66 bits per heavy atom. The van der Waals surface area contributed by atoms with Gasteiger partial charge in [0.05, 0.1) is 23.7 Å². The van der Waals surface area contributed by atoms with Gasteiger partial charge in [-0.1, -0.05) is 36.4 Å². The second kappa shape index (κ2) is 8.89. The molecular weight excluding hydrogens is 360 g/mol. The first kappa shape index (κ1) is 20.6. The van der Waals surface area contributed by atoms with Crippen molar-refractivity contribution in [2.45, 2.75) is 27.3 Å². The number of carbonyl (C=O) groups is 1. The number of hydrogen-bond donors (Lipinski definition) is 1. The van der Waals surface area contributed by atoms with Crippen molar-refractivity contribution in [1.29, 1.82) is 5.26 Å². The lowest BCUT2D eigenvalue weighted by atomic mass is 9.93. The fourth-order valence-electron chi connectivity index (χ4n) is 3.24. The Morgan fingerprint density at radius 3 is 2.34 bits per heavy atom. The third-order valence-corrected chi connectivity index (χ3v) is 4.98. The van der Waals surface area contributed by atoms with E-state index in [9.17, 15) is 4.79 Å². The molecule has 0 saturated carbocycles. The van der Waals surface area contributed by atoms with Gasteiger partial charge in [-0.05, 0) is 72.5 Å².